The van der Waals surface area contributed by atoms with E-state index in [4.69, 9.17) is 0 Å². The summed E-state index contributed by atoms with van der Waals surface area (Å²) < 4.78 is 0. The number of anilines is 1. The smallest absolute Gasteiger partial charge is 0.137 e. The van der Waals surface area contributed by atoms with Crippen molar-refractivity contribution in [2.45, 2.75) is 39.5 Å². The summed E-state index contributed by atoms with van der Waals surface area (Å²) in [5.41, 5.74) is 2.34. The summed E-state index contributed by atoms with van der Waals surface area (Å²) >= 11 is 0. The third-order valence-electron chi connectivity index (χ3n) is 3.18. The molecule has 1 heterocycles. The summed E-state index contributed by atoms with van der Waals surface area (Å²) in [5.74, 6) is 0.964. The molecule has 0 aliphatic rings. The second-order valence-electron chi connectivity index (χ2n) is 4.56. The molecule has 0 saturated heterocycles. The van der Waals surface area contributed by atoms with Crippen molar-refractivity contribution in [1.82, 2.24) is 9.97 Å². The summed E-state index contributed by atoms with van der Waals surface area (Å²) in [6, 6.07) is 6.40. The first-order valence-corrected chi connectivity index (χ1v) is 6.82. The van der Waals surface area contributed by atoms with Gasteiger partial charge in [-0.3, -0.25) is 0 Å². The van der Waals surface area contributed by atoms with Gasteiger partial charge >= 0.3 is 0 Å². The minimum atomic E-state index is 0.964. The molecule has 1 aromatic heterocycles. The van der Waals surface area contributed by atoms with Crippen LogP contribution < -0.4 is 5.32 Å². The van der Waals surface area contributed by atoms with Crippen LogP contribution in [0.3, 0.4) is 0 Å². The lowest BCUT2D eigenvalue weighted by atomic mass is 10.1. The number of nitrogens with zero attached hydrogens (tertiary/aromatic N) is 2. The molecule has 0 fully saturated rings. The highest BCUT2D eigenvalue weighted by molar-refractivity contribution is 5.89. The SMILES string of the molecule is CCCCCNc1ncnc2ccc(CC)cc12. The first-order chi connectivity index (χ1) is 8.85. The van der Waals surface area contributed by atoms with Crippen molar-refractivity contribution in [3.63, 3.8) is 0 Å². The normalized spacial score (nSPS) is 10.8. The molecule has 0 amide bonds. The Balaban J connectivity index is 2.20. The highest BCUT2D eigenvalue weighted by Crippen LogP contribution is 2.20. The Morgan fingerprint density at radius 3 is 2.78 bits per heavy atom. The number of fused-ring (bicyclic) bond motifs is 1. The zero-order valence-electron chi connectivity index (χ0n) is 11.2. The molecule has 2 aromatic rings. The Bertz CT molecular complexity index is 508. The zero-order chi connectivity index (χ0) is 12.8. The summed E-state index contributed by atoms with van der Waals surface area (Å²) in [5, 5.41) is 4.56. The second-order valence-corrected chi connectivity index (χ2v) is 4.56. The fourth-order valence-corrected chi connectivity index (χ4v) is 2.05. The van der Waals surface area contributed by atoms with E-state index in [0.717, 1.165) is 29.7 Å². The van der Waals surface area contributed by atoms with Gasteiger partial charge in [0.1, 0.15) is 12.1 Å². The fraction of sp³-hybridized carbons (Fsp3) is 0.467. The predicted octanol–water partition coefficient (Wildman–Crippen LogP) is 3.79. The lowest BCUT2D eigenvalue weighted by molar-refractivity contribution is 0.742. The van der Waals surface area contributed by atoms with Crippen molar-refractivity contribution in [1.29, 1.82) is 0 Å². The van der Waals surface area contributed by atoms with E-state index in [1.165, 1.54) is 24.8 Å². The molecule has 0 atom stereocenters. The van der Waals surface area contributed by atoms with E-state index in [9.17, 15) is 0 Å². The van der Waals surface area contributed by atoms with Gasteiger partial charge in [-0.1, -0.05) is 32.8 Å². The van der Waals surface area contributed by atoms with Gasteiger partial charge in [0.2, 0.25) is 0 Å². The zero-order valence-corrected chi connectivity index (χ0v) is 11.2. The lowest BCUT2D eigenvalue weighted by Crippen LogP contribution is -2.04. The van der Waals surface area contributed by atoms with Crippen LogP contribution in [-0.4, -0.2) is 16.5 Å². The first kappa shape index (κ1) is 12.8. The van der Waals surface area contributed by atoms with Gasteiger partial charge in [-0.05, 0) is 30.5 Å². The molecule has 18 heavy (non-hydrogen) atoms. The number of aryl methyl sites for hydroxylation is 1. The minimum Gasteiger partial charge on any atom is -0.369 e. The Morgan fingerprint density at radius 2 is 2.00 bits per heavy atom. The van der Waals surface area contributed by atoms with E-state index in [-0.39, 0.29) is 0 Å². The molecule has 2 rings (SSSR count). The molecule has 1 N–H and O–H groups in total. The van der Waals surface area contributed by atoms with Crippen LogP contribution in [0.5, 0.6) is 0 Å². The van der Waals surface area contributed by atoms with E-state index in [0.29, 0.717) is 0 Å². The fourth-order valence-electron chi connectivity index (χ4n) is 2.05. The molecule has 0 unspecified atom stereocenters. The van der Waals surface area contributed by atoms with Crippen molar-refractivity contribution in [2.24, 2.45) is 0 Å². The number of unbranched alkanes of at least 4 members (excludes halogenated alkanes) is 2. The molecule has 1 aromatic carbocycles. The maximum atomic E-state index is 4.36. The third kappa shape index (κ3) is 2.97. The number of hydrogen-bond acceptors (Lipinski definition) is 3. The second kappa shape index (κ2) is 6.34. The number of rotatable bonds is 6. The van der Waals surface area contributed by atoms with Gasteiger partial charge in [-0.25, -0.2) is 9.97 Å². The highest BCUT2D eigenvalue weighted by atomic mass is 15.0. The highest BCUT2D eigenvalue weighted by Gasteiger charge is 2.03. The Kier molecular flexibility index (Phi) is 4.51. The number of hydrogen-bond donors (Lipinski definition) is 1. The summed E-state index contributed by atoms with van der Waals surface area (Å²) in [7, 11) is 0. The average molecular weight is 243 g/mol. The van der Waals surface area contributed by atoms with E-state index >= 15 is 0 Å². The Hall–Kier alpha value is -1.64. The lowest BCUT2D eigenvalue weighted by Gasteiger charge is -2.08. The third-order valence-corrected chi connectivity index (χ3v) is 3.18. The Morgan fingerprint density at radius 1 is 1.11 bits per heavy atom. The van der Waals surface area contributed by atoms with E-state index in [1.54, 1.807) is 6.33 Å². The number of benzene rings is 1. The van der Waals surface area contributed by atoms with Crippen LogP contribution in [0.15, 0.2) is 24.5 Å². The van der Waals surface area contributed by atoms with E-state index in [2.05, 4.69) is 47.3 Å². The summed E-state index contributed by atoms with van der Waals surface area (Å²) in [6.45, 7) is 5.36. The molecular weight excluding hydrogens is 222 g/mol. The van der Waals surface area contributed by atoms with Gasteiger partial charge in [0.25, 0.3) is 0 Å². The predicted molar refractivity (Wildman–Crippen MR) is 76.9 cm³/mol. The molecule has 3 nitrogen and oxygen atoms in total. The maximum Gasteiger partial charge on any atom is 0.137 e. The van der Waals surface area contributed by atoms with Gasteiger partial charge in [0, 0.05) is 11.9 Å². The van der Waals surface area contributed by atoms with Crippen molar-refractivity contribution in [3.8, 4) is 0 Å². The van der Waals surface area contributed by atoms with Crippen molar-refractivity contribution < 1.29 is 0 Å². The van der Waals surface area contributed by atoms with Crippen molar-refractivity contribution in [3.05, 3.63) is 30.1 Å². The van der Waals surface area contributed by atoms with Gasteiger partial charge in [0.15, 0.2) is 0 Å². The van der Waals surface area contributed by atoms with Crippen LogP contribution in [0, 0.1) is 0 Å². The van der Waals surface area contributed by atoms with Crippen LogP contribution >= 0.6 is 0 Å². The van der Waals surface area contributed by atoms with Crippen LogP contribution in [-0.2, 0) is 6.42 Å². The van der Waals surface area contributed by atoms with E-state index < -0.39 is 0 Å². The van der Waals surface area contributed by atoms with Crippen LogP contribution in [0.25, 0.3) is 10.9 Å². The van der Waals surface area contributed by atoms with Gasteiger partial charge < -0.3 is 5.32 Å². The first-order valence-electron chi connectivity index (χ1n) is 6.82. The monoisotopic (exact) mass is 243 g/mol. The molecule has 0 saturated carbocycles. The number of nitrogens with one attached hydrogen (secondary N) is 1. The van der Waals surface area contributed by atoms with Crippen molar-refractivity contribution in [2.75, 3.05) is 11.9 Å². The summed E-state index contributed by atoms with van der Waals surface area (Å²) in [4.78, 5) is 8.67. The molecule has 0 aliphatic carbocycles. The quantitative estimate of drug-likeness (QED) is 0.784. The minimum absolute atomic E-state index is 0.964. The van der Waals surface area contributed by atoms with Crippen LogP contribution in [0.4, 0.5) is 5.82 Å². The van der Waals surface area contributed by atoms with Gasteiger partial charge in [-0.15, -0.1) is 0 Å². The number of aromatic nitrogens is 2. The molecule has 0 bridgehead atoms. The molecular formula is C15H21N3. The molecule has 3 heteroatoms. The van der Waals surface area contributed by atoms with E-state index in [1.807, 2.05) is 0 Å². The average Bonchev–Trinajstić information content (AvgIpc) is 2.43. The maximum absolute atomic E-state index is 4.36. The Labute approximate surface area is 109 Å². The topological polar surface area (TPSA) is 37.8 Å². The van der Waals surface area contributed by atoms with Crippen molar-refractivity contribution >= 4 is 16.7 Å². The molecule has 0 spiro atoms. The van der Waals surface area contributed by atoms with Crippen LogP contribution in [0.2, 0.25) is 0 Å². The van der Waals surface area contributed by atoms with Gasteiger partial charge in [-0.2, -0.15) is 0 Å². The molecule has 0 radical (unpaired) electrons. The molecule has 0 aliphatic heterocycles. The van der Waals surface area contributed by atoms with Crippen LogP contribution in [0.1, 0.15) is 38.7 Å². The molecule has 96 valence electrons. The summed E-state index contributed by atoms with van der Waals surface area (Å²) in [6.07, 6.45) is 6.37. The standard InChI is InChI=1S/C15H21N3/c1-3-5-6-9-16-15-13-10-12(4-2)7-8-14(13)17-11-18-15/h7-8,10-11H,3-6,9H2,1-2H3,(H,16,17,18). The van der Waals surface area contributed by atoms with Gasteiger partial charge in [0.05, 0.1) is 5.52 Å². The largest absolute Gasteiger partial charge is 0.369 e.